The first-order valence-corrected chi connectivity index (χ1v) is 6.39. The molecule has 19 heavy (non-hydrogen) atoms. The van der Waals surface area contributed by atoms with E-state index >= 15 is 0 Å². The summed E-state index contributed by atoms with van der Waals surface area (Å²) >= 11 is 0. The molecule has 4 nitrogen and oxygen atoms in total. The fourth-order valence-corrected chi connectivity index (χ4v) is 2.41. The smallest absolute Gasteiger partial charge is 0.217 e. The minimum absolute atomic E-state index is 0.126. The van der Waals surface area contributed by atoms with Gasteiger partial charge in [0.2, 0.25) is 11.6 Å². The van der Waals surface area contributed by atoms with E-state index in [1.807, 2.05) is 30.3 Å². The van der Waals surface area contributed by atoms with E-state index in [1.165, 1.54) is 0 Å². The van der Waals surface area contributed by atoms with Crippen molar-refractivity contribution in [2.45, 2.75) is 32.0 Å². The number of benzene rings is 1. The summed E-state index contributed by atoms with van der Waals surface area (Å²) in [5, 5.41) is 4.19. The quantitative estimate of drug-likeness (QED) is 0.796. The van der Waals surface area contributed by atoms with Crippen LogP contribution in [0, 0.1) is 0 Å². The Labute approximate surface area is 110 Å². The third-order valence-electron chi connectivity index (χ3n) is 3.42. The number of aromatic nitrogens is 3. The number of ketones is 1. The molecule has 0 amide bonds. The largest absolute Gasteiger partial charge is 0.291 e. The Morgan fingerprint density at radius 1 is 1.42 bits per heavy atom. The summed E-state index contributed by atoms with van der Waals surface area (Å²) in [6.45, 7) is 1.75. The maximum absolute atomic E-state index is 14.0. The number of carbonyl (C=O) groups is 1. The number of Topliss-reactive ketones (excluding diaryl/α,β-unsaturated/α-hetero) is 1. The molecule has 2 heterocycles. The average molecular weight is 259 g/mol. The van der Waals surface area contributed by atoms with E-state index in [0.717, 1.165) is 5.56 Å². The lowest BCUT2D eigenvalue weighted by Gasteiger charge is -2.11. The molecule has 0 saturated heterocycles. The van der Waals surface area contributed by atoms with Gasteiger partial charge in [0.25, 0.3) is 0 Å². The van der Waals surface area contributed by atoms with Gasteiger partial charge in [-0.25, -0.2) is 14.1 Å². The summed E-state index contributed by atoms with van der Waals surface area (Å²) in [7, 11) is 0. The lowest BCUT2D eigenvalue weighted by molar-refractivity contribution is 0.0977. The van der Waals surface area contributed by atoms with Gasteiger partial charge < -0.3 is 0 Å². The molecule has 2 aromatic rings. The Morgan fingerprint density at radius 2 is 2.16 bits per heavy atom. The highest BCUT2D eigenvalue weighted by molar-refractivity contribution is 5.92. The summed E-state index contributed by atoms with van der Waals surface area (Å²) in [6, 6.07) is 9.45. The zero-order valence-electron chi connectivity index (χ0n) is 10.6. The minimum atomic E-state index is -1.16. The summed E-state index contributed by atoms with van der Waals surface area (Å²) in [6.07, 6.45) is -0.493. The van der Waals surface area contributed by atoms with Crippen LogP contribution in [0.4, 0.5) is 4.39 Å². The van der Waals surface area contributed by atoms with Crippen LogP contribution in [0.25, 0.3) is 0 Å². The lowest BCUT2D eigenvalue weighted by atomic mass is 10.0. The molecule has 98 valence electrons. The van der Waals surface area contributed by atoms with Crippen LogP contribution in [0.15, 0.2) is 30.3 Å². The van der Waals surface area contributed by atoms with Crippen molar-refractivity contribution < 1.29 is 9.18 Å². The number of alkyl halides is 1. The number of rotatable bonds is 3. The molecule has 2 atom stereocenters. The molecule has 5 heteroatoms. The van der Waals surface area contributed by atoms with Crippen molar-refractivity contribution in [1.82, 2.24) is 14.8 Å². The topological polar surface area (TPSA) is 47.8 Å². The van der Waals surface area contributed by atoms with Crippen LogP contribution in [-0.2, 0) is 0 Å². The third-order valence-corrected chi connectivity index (χ3v) is 3.42. The van der Waals surface area contributed by atoms with Crippen molar-refractivity contribution in [2.75, 3.05) is 0 Å². The number of halogens is 1. The number of hydrogen-bond acceptors (Lipinski definition) is 3. The van der Waals surface area contributed by atoms with E-state index in [1.54, 1.807) is 11.6 Å². The van der Waals surface area contributed by atoms with Gasteiger partial charge in [-0.1, -0.05) is 37.3 Å². The third kappa shape index (κ3) is 1.95. The van der Waals surface area contributed by atoms with Gasteiger partial charge in [0.1, 0.15) is 0 Å². The van der Waals surface area contributed by atoms with Gasteiger partial charge in [0.05, 0.1) is 6.04 Å². The van der Waals surface area contributed by atoms with Gasteiger partial charge in [0.15, 0.2) is 12.0 Å². The van der Waals surface area contributed by atoms with Gasteiger partial charge in [-0.2, -0.15) is 0 Å². The minimum Gasteiger partial charge on any atom is -0.291 e. The molecule has 0 bridgehead atoms. The van der Waals surface area contributed by atoms with E-state index in [9.17, 15) is 9.18 Å². The van der Waals surface area contributed by atoms with Gasteiger partial charge in [-0.3, -0.25) is 4.79 Å². The molecule has 0 fully saturated rings. The van der Waals surface area contributed by atoms with Crippen LogP contribution in [0.3, 0.4) is 0 Å². The highest BCUT2D eigenvalue weighted by Gasteiger charge is 2.35. The normalized spacial score (nSPS) is 21.4. The van der Waals surface area contributed by atoms with Crippen LogP contribution in [0.2, 0.25) is 0 Å². The van der Waals surface area contributed by atoms with E-state index in [-0.39, 0.29) is 23.5 Å². The first-order valence-electron chi connectivity index (χ1n) is 6.39. The van der Waals surface area contributed by atoms with Crippen molar-refractivity contribution >= 4 is 5.78 Å². The summed E-state index contributed by atoms with van der Waals surface area (Å²) in [5.74, 6) is 0.243. The van der Waals surface area contributed by atoms with Crippen molar-refractivity contribution in [3.8, 4) is 0 Å². The molecular formula is C14H14FN3O. The van der Waals surface area contributed by atoms with Crippen LogP contribution in [0.1, 0.15) is 54.0 Å². The molecular weight excluding hydrogens is 245 g/mol. The Bertz CT molecular complexity index is 608. The first-order chi connectivity index (χ1) is 9.20. The molecule has 0 aliphatic carbocycles. The van der Waals surface area contributed by atoms with Crippen LogP contribution in [-0.4, -0.2) is 20.5 Å². The van der Waals surface area contributed by atoms with Crippen LogP contribution >= 0.6 is 0 Å². The second kappa shape index (κ2) is 4.57. The fraction of sp³-hybridized carbons (Fsp3) is 0.357. The SMILES string of the molecule is CCC(=O)c1nc2n(n1)C(c1ccccc1)C[C@H]2F. The monoisotopic (exact) mass is 259 g/mol. The predicted molar refractivity (Wildman–Crippen MR) is 67.7 cm³/mol. The standard InChI is InChI=1S/C14H14FN3O/c1-2-12(19)13-16-14-10(15)8-11(18(14)17-13)9-6-4-3-5-7-9/h3-7,10-11H,2,8H2,1H3/t10-,11?/m1/s1. The highest BCUT2D eigenvalue weighted by Crippen LogP contribution is 2.39. The maximum atomic E-state index is 14.0. The second-order valence-corrected chi connectivity index (χ2v) is 4.64. The van der Waals surface area contributed by atoms with Gasteiger partial charge in [-0.05, 0) is 5.56 Å². The average Bonchev–Trinajstić information content (AvgIpc) is 3.00. The molecule has 0 radical (unpaired) electrons. The Morgan fingerprint density at radius 3 is 2.84 bits per heavy atom. The summed E-state index contributed by atoms with van der Waals surface area (Å²) in [5.41, 5.74) is 0.990. The molecule has 0 spiro atoms. The zero-order chi connectivity index (χ0) is 13.4. The Kier molecular flexibility index (Phi) is 2.89. The van der Waals surface area contributed by atoms with Crippen molar-refractivity contribution in [3.63, 3.8) is 0 Å². The molecule has 3 rings (SSSR count). The fourth-order valence-electron chi connectivity index (χ4n) is 2.41. The number of hydrogen-bond donors (Lipinski definition) is 0. The van der Waals surface area contributed by atoms with Gasteiger partial charge >= 0.3 is 0 Å². The van der Waals surface area contributed by atoms with Crippen molar-refractivity contribution in [1.29, 1.82) is 0 Å². The molecule has 0 saturated carbocycles. The summed E-state index contributed by atoms with van der Waals surface area (Å²) in [4.78, 5) is 15.7. The van der Waals surface area contributed by atoms with E-state index < -0.39 is 6.17 Å². The molecule has 1 unspecified atom stereocenters. The molecule has 0 N–H and O–H groups in total. The zero-order valence-corrected chi connectivity index (χ0v) is 10.6. The Hall–Kier alpha value is -2.04. The highest BCUT2D eigenvalue weighted by atomic mass is 19.1. The predicted octanol–water partition coefficient (Wildman–Crippen LogP) is 2.87. The van der Waals surface area contributed by atoms with Gasteiger partial charge in [-0.15, -0.1) is 5.10 Å². The second-order valence-electron chi connectivity index (χ2n) is 4.64. The van der Waals surface area contributed by atoms with Crippen LogP contribution in [0.5, 0.6) is 0 Å². The van der Waals surface area contributed by atoms with E-state index in [4.69, 9.17) is 0 Å². The van der Waals surface area contributed by atoms with E-state index in [2.05, 4.69) is 10.1 Å². The lowest BCUT2D eigenvalue weighted by Crippen LogP contribution is -2.09. The number of nitrogens with zero attached hydrogens (tertiary/aromatic N) is 3. The van der Waals surface area contributed by atoms with Crippen molar-refractivity contribution in [3.05, 3.63) is 47.5 Å². The summed E-state index contributed by atoms with van der Waals surface area (Å²) < 4.78 is 15.6. The number of fused-ring (bicyclic) bond motifs is 1. The van der Waals surface area contributed by atoms with E-state index in [0.29, 0.717) is 12.8 Å². The molecule has 1 aliphatic heterocycles. The Balaban J connectivity index is 2.02. The van der Waals surface area contributed by atoms with Gasteiger partial charge in [0, 0.05) is 12.8 Å². The van der Waals surface area contributed by atoms with Crippen molar-refractivity contribution in [2.24, 2.45) is 0 Å². The number of carbonyl (C=O) groups excluding carboxylic acids is 1. The molecule has 1 aliphatic rings. The molecule has 1 aromatic heterocycles. The maximum Gasteiger partial charge on any atom is 0.217 e. The first kappa shape index (κ1) is 12.0. The molecule has 1 aromatic carbocycles. The van der Waals surface area contributed by atoms with Crippen LogP contribution < -0.4 is 0 Å².